The van der Waals surface area contributed by atoms with Crippen molar-refractivity contribution in [3.8, 4) is 0 Å². The molecule has 5 nitrogen and oxygen atoms in total. The molecule has 0 bridgehead atoms. The van der Waals surface area contributed by atoms with E-state index in [9.17, 15) is 9.59 Å². The van der Waals surface area contributed by atoms with Gasteiger partial charge in [-0.05, 0) is 18.9 Å². The first-order valence-electron chi connectivity index (χ1n) is 6.04. The van der Waals surface area contributed by atoms with Crippen LogP contribution in [-0.4, -0.2) is 25.2 Å². The highest BCUT2D eigenvalue weighted by Crippen LogP contribution is 1.98. The number of amides is 1. The lowest BCUT2D eigenvalue weighted by Gasteiger charge is -2.03. The highest BCUT2D eigenvalue weighted by molar-refractivity contribution is 5.82. The third-order valence-electron chi connectivity index (χ3n) is 2.19. The summed E-state index contributed by atoms with van der Waals surface area (Å²) in [4.78, 5) is 22.1. The van der Waals surface area contributed by atoms with E-state index in [-0.39, 0.29) is 6.61 Å². The standard InChI is InChI=1S/C14H17NO4/c1-2-18-13(16)9-11-19-14(17)15-10-8-12-6-4-3-5-7-12/h3-7,9,11H,2,8,10H2,1H3,(H,15,17)/b11-9-. The van der Waals surface area contributed by atoms with Gasteiger partial charge in [0.1, 0.15) is 6.26 Å². The Kier molecular flexibility index (Phi) is 6.79. The van der Waals surface area contributed by atoms with Crippen molar-refractivity contribution >= 4 is 12.1 Å². The van der Waals surface area contributed by atoms with Gasteiger partial charge in [-0.25, -0.2) is 9.59 Å². The van der Waals surface area contributed by atoms with Crippen LogP contribution in [0.25, 0.3) is 0 Å². The zero-order valence-corrected chi connectivity index (χ0v) is 10.8. The zero-order chi connectivity index (χ0) is 13.9. The summed E-state index contributed by atoms with van der Waals surface area (Å²) in [6.07, 6.45) is 2.18. The Morgan fingerprint density at radius 2 is 2.00 bits per heavy atom. The zero-order valence-electron chi connectivity index (χ0n) is 10.8. The minimum atomic E-state index is -0.600. The molecule has 0 aromatic heterocycles. The highest BCUT2D eigenvalue weighted by Gasteiger charge is 2.00. The SMILES string of the molecule is CCOC(=O)/C=C\OC(=O)NCCc1ccccc1. The molecule has 0 spiro atoms. The van der Waals surface area contributed by atoms with Crippen molar-refractivity contribution in [1.29, 1.82) is 0 Å². The van der Waals surface area contributed by atoms with E-state index in [0.717, 1.165) is 24.3 Å². The Morgan fingerprint density at radius 1 is 1.26 bits per heavy atom. The largest absolute Gasteiger partial charge is 0.463 e. The van der Waals surface area contributed by atoms with E-state index in [4.69, 9.17) is 0 Å². The lowest BCUT2D eigenvalue weighted by atomic mass is 10.1. The Bertz CT molecular complexity index is 428. The molecule has 0 saturated carbocycles. The second-order valence-electron chi connectivity index (χ2n) is 3.62. The van der Waals surface area contributed by atoms with Crippen molar-refractivity contribution in [2.75, 3.05) is 13.2 Å². The fourth-order valence-electron chi connectivity index (χ4n) is 1.34. The van der Waals surface area contributed by atoms with Gasteiger partial charge in [0.2, 0.25) is 0 Å². The van der Waals surface area contributed by atoms with Crippen molar-refractivity contribution in [3.05, 3.63) is 48.2 Å². The number of ether oxygens (including phenoxy) is 2. The van der Waals surface area contributed by atoms with Crippen LogP contribution >= 0.6 is 0 Å². The number of rotatable bonds is 6. The van der Waals surface area contributed by atoms with Gasteiger partial charge in [0.25, 0.3) is 0 Å². The Labute approximate surface area is 112 Å². The van der Waals surface area contributed by atoms with Crippen LogP contribution in [0.4, 0.5) is 4.79 Å². The van der Waals surface area contributed by atoms with Gasteiger partial charge in [-0.3, -0.25) is 0 Å². The van der Waals surface area contributed by atoms with E-state index >= 15 is 0 Å². The maximum absolute atomic E-state index is 11.2. The maximum Gasteiger partial charge on any atom is 0.412 e. The number of esters is 1. The van der Waals surface area contributed by atoms with E-state index in [2.05, 4.69) is 14.8 Å². The Hall–Kier alpha value is -2.30. The second kappa shape index (κ2) is 8.74. The van der Waals surface area contributed by atoms with Crippen LogP contribution in [0.1, 0.15) is 12.5 Å². The number of carbonyl (C=O) groups is 2. The van der Waals surface area contributed by atoms with E-state index in [1.54, 1.807) is 6.92 Å². The quantitative estimate of drug-likeness (QED) is 0.484. The smallest absolute Gasteiger partial charge is 0.412 e. The lowest BCUT2D eigenvalue weighted by molar-refractivity contribution is -0.137. The van der Waals surface area contributed by atoms with Crippen molar-refractivity contribution in [2.24, 2.45) is 0 Å². The van der Waals surface area contributed by atoms with E-state index in [1.807, 2.05) is 30.3 Å². The third kappa shape index (κ3) is 6.88. The minimum Gasteiger partial charge on any atom is -0.463 e. The molecule has 0 aliphatic heterocycles. The highest BCUT2D eigenvalue weighted by atomic mass is 16.5. The van der Waals surface area contributed by atoms with Crippen molar-refractivity contribution in [1.82, 2.24) is 5.32 Å². The van der Waals surface area contributed by atoms with Gasteiger partial charge in [0.15, 0.2) is 0 Å². The number of benzene rings is 1. The molecule has 0 saturated heterocycles. The summed E-state index contributed by atoms with van der Waals surface area (Å²) in [5, 5.41) is 2.57. The van der Waals surface area contributed by atoms with E-state index in [0.29, 0.717) is 6.54 Å². The van der Waals surface area contributed by atoms with Crippen molar-refractivity contribution < 1.29 is 19.1 Å². The Morgan fingerprint density at radius 3 is 2.68 bits per heavy atom. The minimum absolute atomic E-state index is 0.284. The molecular formula is C14H17NO4. The molecule has 0 radical (unpaired) electrons. The predicted octanol–water partition coefficient (Wildman–Crippen LogP) is 2.03. The predicted molar refractivity (Wildman–Crippen MR) is 70.4 cm³/mol. The second-order valence-corrected chi connectivity index (χ2v) is 3.62. The summed E-state index contributed by atoms with van der Waals surface area (Å²) in [6.45, 7) is 2.45. The number of hydrogen-bond acceptors (Lipinski definition) is 4. The topological polar surface area (TPSA) is 64.6 Å². The summed E-state index contributed by atoms with van der Waals surface area (Å²) in [5.41, 5.74) is 1.13. The molecule has 0 unspecified atom stereocenters. The van der Waals surface area contributed by atoms with Crippen LogP contribution < -0.4 is 5.32 Å². The molecule has 19 heavy (non-hydrogen) atoms. The molecular weight excluding hydrogens is 246 g/mol. The fraction of sp³-hybridized carbons (Fsp3) is 0.286. The van der Waals surface area contributed by atoms with Gasteiger partial charge < -0.3 is 14.8 Å². The molecule has 1 rings (SSSR count). The van der Waals surface area contributed by atoms with Crippen LogP contribution in [0.2, 0.25) is 0 Å². The van der Waals surface area contributed by atoms with Gasteiger partial charge in [0.05, 0.1) is 12.7 Å². The monoisotopic (exact) mass is 263 g/mol. The third-order valence-corrected chi connectivity index (χ3v) is 2.19. The molecule has 1 aromatic rings. The summed E-state index contributed by atoms with van der Waals surface area (Å²) >= 11 is 0. The van der Waals surface area contributed by atoms with Gasteiger partial charge in [-0.2, -0.15) is 0 Å². The van der Waals surface area contributed by atoms with Crippen LogP contribution in [-0.2, 0) is 20.7 Å². The Balaban J connectivity index is 2.16. The lowest BCUT2D eigenvalue weighted by Crippen LogP contribution is -2.25. The number of nitrogens with one attached hydrogen (secondary N) is 1. The maximum atomic E-state index is 11.2. The fourth-order valence-corrected chi connectivity index (χ4v) is 1.34. The first-order valence-corrected chi connectivity index (χ1v) is 6.04. The summed E-state index contributed by atoms with van der Waals surface area (Å²) < 4.78 is 9.29. The summed E-state index contributed by atoms with van der Waals surface area (Å²) in [5.74, 6) is -0.542. The number of alkyl carbamates (subject to hydrolysis) is 1. The van der Waals surface area contributed by atoms with Crippen LogP contribution in [0.3, 0.4) is 0 Å². The van der Waals surface area contributed by atoms with Gasteiger partial charge in [-0.1, -0.05) is 30.3 Å². The molecule has 0 atom stereocenters. The van der Waals surface area contributed by atoms with Gasteiger partial charge >= 0.3 is 12.1 Å². The normalized spacial score (nSPS) is 10.2. The molecule has 102 valence electrons. The molecule has 1 N–H and O–H groups in total. The molecule has 1 aromatic carbocycles. The molecule has 0 aliphatic carbocycles. The molecule has 5 heteroatoms. The number of carbonyl (C=O) groups excluding carboxylic acids is 2. The molecule has 0 fully saturated rings. The van der Waals surface area contributed by atoms with Gasteiger partial charge in [0, 0.05) is 6.54 Å². The molecule has 0 aliphatic rings. The van der Waals surface area contributed by atoms with Crippen molar-refractivity contribution in [2.45, 2.75) is 13.3 Å². The first-order chi connectivity index (χ1) is 9.22. The van der Waals surface area contributed by atoms with Crippen LogP contribution in [0, 0.1) is 0 Å². The van der Waals surface area contributed by atoms with Gasteiger partial charge in [-0.15, -0.1) is 0 Å². The van der Waals surface area contributed by atoms with E-state index in [1.165, 1.54) is 0 Å². The van der Waals surface area contributed by atoms with Crippen LogP contribution in [0.5, 0.6) is 0 Å². The van der Waals surface area contributed by atoms with Crippen molar-refractivity contribution in [3.63, 3.8) is 0 Å². The van der Waals surface area contributed by atoms with Crippen LogP contribution in [0.15, 0.2) is 42.7 Å². The summed E-state index contributed by atoms with van der Waals surface area (Å²) in [6, 6.07) is 9.78. The summed E-state index contributed by atoms with van der Waals surface area (Å²) in [7, 11) is 0. The average Bonchev–Trinajstić information content (AvgIpc) is 2.40. The number of hydrogen-bond donors (Lipinski definition) is 1. The molecule has 1 amide bonds. The van der Waals surface area contributed by atoms with E-state index < -0.39 is 12.1 Å². The first kappa shape index (κ1) is 14.8. The average molecular weight is 263 g/mol. The molecule has 0 heterocycles.